The van der Waals surface area contributed by atoms with Crippen molar-refractivity contribution in [2.45, 2.75) is 19.8 Å². The number of thiazole rings is 1. The van der Waals surface area contributed by atoms with E-state index in [4.69, 9.17) is 4.74 Å². The molecule has 0 unspecified atom stereocenters. The zero-order chi connectivity index (χ0) is 21.8. The number of rotatable bonds is 5. The highest BCUT2D eigenvalue weighted by atomic mass is 32.1. The predicted octanol–water partition coefficient (Wildman–Crippen LogP) is 3.52. The van der Waals surface area contributed by atoms with Gasteiger partial charge in [0.25, 0.3) is 0 Å². The number of fused-ring (bicyclic) bond motifs is 2. The van der Waals surface area contributed by atoms with E-state index < -0.39 is 5.97 Å². The number of para-hydroxylation sites is 1. The molecule has 0 fully saturated rings. The molecule has 0 aliphatic rings. The van der Waals surface area contributed by atoms with Crippen molar-refractivity contribution in [1.29, 1.82) is 10.5 Å². The fourth-order valence-corrected chi connectivity index (χ4v) is 4.31. The number of esters is 1. The van der Waals surface area contributed by atoms with Crippen LogP contribution in [0.3, 0.4) is 0 Å². The van der Waals surface area contributed by atoms with Gasteiger partial charge in [0.2, 0.25) is 0 Å². The number of nitriles is 2. The number of hydrogen-bond acceptors (Lipinski definition) is 6. The van der Waals surface area contributed by atoms with E-state index in [0.717, 1.165) is 28.4 Å². The van der Waals surface area contributed by atoms with E-state index in [0.29, 0.717) is 26.7 Å². The molecule has 0 bridgehead atoms. The summed E-state index contributed by atoms with van der Waals surface area (Å²) < 4.78 is 6.24. The molecule has 2 aromatic heterocycles. The Morgan fingerprint density at radius 1 is 1.06 bits per heavy atom. The van der Waals surface area contributed by atoms with Crippen molar-refractivity contribution in [2.75, 3.05) is 6.61 Å². The monoisotopic (exact) mass is 426 g/mol. The van der Waals surface area contributed by atoms with E-state index >= 15 is 0 Å². The Morgan fingerprint density at radius 3 is 2.45 bits per heavy atom. The summed E-state index contributed by atoms with van der Waals surface area (Å²) in [5.74, 6) is -0.673. The molecule has 0 saturated carbocycles. The van der Waals surface area contributed by atoms with Crippen LogP contribution in [-0.2, 0) is 9.53 Å². The summed E-state index contributed by atoms with van der Waals surface area (Å²) in [6.07, 6.45) is 1.61. The predicted molar refractivity (Wildman–Crippen MR) is 120 cm³/mol. The van der Waals surface area contributed by atoms with Crippen LogP contribution in [0, 0.1) is 22.7 Å². The third kappa shape index (κ3) is 3.79. The molecule has 6 nitrogen and oxygen atoms in total. The molecular weight excluding hydrogens is 408 g/mol. The molecule has 0 spiro atoms. The van der Waals surface area contributed by atoms with Gasteiger partial charge in [0.1, 0.15) is 22.7 Å². The van der Waals surface area contributed by atoms with E-state index in [1.54, 1.807) is 0 Å². The van der Waals surface area contributed by atoms with E-state index in [1.807, 2.05) is 61.5 Å². The lowest BCUT2D eigenvalue weighted by Gasteiger charge is -2.01. The fraction of sp³-hybridized carbons (Fsp3) is 0.167. The molecule has 0 aliphatic heterocycles. The van der Waals surface area contributed by atoms with Crippen molar-refractivity contribution >= 4 is 49.4 Å². The maximum absolute atomic E-state index is 12.5. The summed E-state index contributed by atoms with van der Waals surface area (Å²) >= 11 is 1.42. The molecule has 7 heteroatoms. The van der Waals surface area contributed by atoms with Gasteiger partial charge in [0, 0.05) is 10.8 Å². The first-order valence-electron chi connectivity index (χ1n) is 9.86. The first-order chi connectivity index (χ1) is 15.2. The Morgan fingerprint density at radius 2 is 1.77 bits per heavy atom. The number of ether oxygens (including phenoxy) is 1. The third-order valence-corrected chi connectivity index (χ3v) is 5.94. The second-order valence-electron chi connectivity index (χ2n) is 6.87. The second-order valence-corrected chi connectivity index (χ2v) is 7.90. The molecule has 4 aromatic rings. The Labute approximate surface area is 182 Å². The van der Waals surface area contributed by atoms with Crippen LogP contribution in [0.2, 0.25) is 0 Å². The Balaban J connectivity index is 2.01. The maximum Gasteiger partial charge on any atom is 0.351 e. The van der Waals surface area contributed by atoms with E-state index in [1.165, 1.54) is 11.3 Å². The number of hydrogen-bond donors (Lipinski definition) is 1. The average molecular weight is 427 g/mol. The van der Waals surface area contributed by atoms with Crippen molar-refractivity contribution in [2.24, 2.45) is 0 Å². The molecule has 0 atom stereocenters. The van der Waals surface area contributed by atoms with Gasteiger partial charge in [0.15, 0.2) is 5.57 Å². The number of H-pyrrole nitrogens is 1. The number of unbranched alkanes of at least 4 members (excludes halogenated alkanes) is 1. The highest BCUT2D eigenvalue weighted by Gasteiger charge is 2.17. The minimum atomic E-state index is -0.673. The second kappa shape index (κ2) is 8.83. The number of nitrogens with zero attached hydrogens (tertiary/aromatic N) is 3. The molecule has 2 aromatic carbocycles. The zero-order valence-electron chi connectivity index (χ0n) is 16.8. The van der Waals surface area contributed by atoms with Gasteiger partial charge in [-0.2, -0.15) is 10.5 Å². The molecule has 0 radical (unpaired) electrons. The number of carbonyl (C=O) groups is 1. The summed E-state index contributed by atoms with van der Waals surface area (Å²) in [4.78, 5) is 20.3. The molecular formula is C24H18N4O2S. The lowest BCUT2D eigenvalue weighted by Crippen LogP contribution is -2.20. The lowest BCUT2D eigenvalue weighted by molar-refractivity contribution is -0.136. The molecule has 2 heterocycles. The van der Waals surface area contributed by atoms with Crippen LogP contribution in [0.1, 0.15) is 24.8 Å². The molecule has 31 heavy (non-hydrogen) atoms. The maximum atomic E-state index is 12.5. The summed E-state index contributed by atoms with van der Waals surface area (Å²) in [6.45, 7) is 2.25. The highest BCUT2D eigenvalue weighted by Crippen LogP contribution is 2.25. The number of carbonyl (C=O) groups excluding carboxylic acids is 1. The largest absolute Gasteiger partial charge is 0.462 e. The van der Waals surface area contributed by atoms with Crippen molar-refractivity contribution in [3.8, 4) is 12.1 Å². The SMILES string of the molecule is CCCCOC(=O)/C(C#N)=c1\[nH]/c(=C(/C#N)c2nc3ccccc3s2)c2ccccc12. The van der Waals surface area contributed by atoms with Crippen LogP contribution in [0.15, 0.2) is 48.5 Å². The molecule has 0 saturated heterocycles. The quantitative estimate of drug-likeness (QED) is 0.389. The molecule has 0 aliphatic carbocycles. The summed E-state index contributed by atoms with van der Waals surface area (Å²) in [7, 11) is 0. The zero-order valence-corrected chi connectivity index (χ0v) is 17.6. The van der Waals surface area contributed by atoms with Crippen molar-refractivity contribution in [3.63, 3.8) is 0 Å². The van der Waals surface area contributed by atoms with Gasteiger partial charge >= 0.3 is 5.97 Å². The Bertz CT molecular complexity index is 1470. The van der Waals surface area contributed by atoms with Gasteiger partial charge in [-0.05, 0) is 18.6 Å². The Kier molecular flexibility index (Phi) is 5.79. The van der Waals surface area contributed by atoms with E-state index in [9.17, 15) is 15.3 Å². The van der Waals surface area contributed by atoms with Gasteiger partial charge in [0.05, 0.1) is 27.5 Å². The number of nitrogens with one attached hydrogen (secondary N) is 1. The van der Waals surface area contributed by atoms with Crippen LogP contribution < -0.4 is 10.7 Å². The third-order valence-electron chi connectivity index (χ3n) is 4.88. The van der Waals surface area contributed by atoms with Crippen LogP contribution in [0.4, 0.5) is 0 Å². The topological polar surface area (TPSA) is 103 Å². The van der Waals surface area contributed by atoms with E-state index in [-0.39, 0.29) is 12.2 Å². The van der Waals surface area contributed by atoms with E-state index in [2.05, 4.69) is 16.0 Å². The van der Waals surface area contributed by atoms with Crippen LogP contribution in [-0.4, -0.2) is 22.5 Å². The molecule has 1 N–H and O–H groups in total. The highest BCUT2D eigenvalue weighted by molar-refractivity contribution is 7.19. The summed E-state index contributed by atoms with van der Waals surface area (Å²) in [5.41, 5.74) is 1.07. The van der Waals surface area contributed by atoms with Crippen molar-refractivity contribution < 1.29 is 9.53 Å². The average Bonchev–Trinajstić information content (AvgIpc) is 3.38. The minimum absolute atomic E-state index is 0.111. The van der Waals surface area contributed by atoms with Crippen molar-refractivity contribution in [1.82, 2.24) is 9.97 Å². The number of benzene rings is 2. The number of aromatic amines is 1. The van der Waals surface area contributed by atoms with Gasteiger partial charge in [-0.15, -0.1) is 11.3 Å². The summed E-state index contributed by atoms with van der Waals surface area (Å²) in [6, 6.07) is 19.3. The number of aromatic nitrogens is 2. The van der Waals surface area contributed by atoms with Crippen LogP contribution >= 0.6 is 11.3 Å². The van der Waals surface area contributed by atoms with Crippen LogP contribution in [0.5, 0.6) is 0 Å². The van der Waals surface area contributed by atoms with Gasteiger partial charge in [-0.25, -0.2) is 9.78 Å². The fourth-order valence-electron chi connectivity index (χ4n) is 3.35. The van der Waals surface area contributed by atoms with Gasteiger partial charge in [-0.3, -0.25) is 0 Å². The normalized spacial score (nSPS) is 12.9. The standard InChI is InChI=1S/C24H18N4O2S/c1-2-3-12-30-24(29)18(14-26)22-16-9-5-4-8-15(16)21(28-22)17(13-25)23-27-19-10-6-7-11-20(19)31-23/h4-11,28H,2-3,12H2,1H3/b21-17-,22-18-. The molecule has 152 valence electrons. The first kappa shape index (κ1) is 20.3. The van der Waals surface area contributed by atoms with Crippen LogP contribution in [0.25, 0.3) is 32.1 Å². The lowest BCUT2D eigenvalue weighted by atomic mass is 10.1. The smallest absolute Gasteiger partial charge is 0.351 e. The van der Waals surface area contributed by atoms with Gasteiger partial charge < -0.3 is 9.72 Å². The Hall–Kier alpha value is -3.94. The van der Waals surface area contributed by atoms with Crippen molar-refractivity contribution in [3.05, 3.63) is 64.2 Å². The summed E-state index contributed by atoms with van der Waals surface area (Å²) in [5, 5.41) is 22.5. The van der Waals surface area contributed by atoms with Gasteiger partial charge in [-0.1, -0.05) is 49.7 Å². The molecule has 4 rings (SSSR count). The first-order valence-corrected chi connectivity index (χ1v) is 10.7. The minimum Gasteiger partial charge on any atom is -0.462 e. The molecule has 0 amide bonds.